The molecule has 3 rings (SSSR count). The lowest BCUT2D eigenvalue weighted by Gasteiger charge is -2.29. The van der Waals surface area contributed by atoms with Crippen LogP contribution in [0, 0.1) is 30.2 Å². The fraction of sp³-hybridized carbons (Fsp3) is 0.182. The predicted octanol–water partition coefficient (Wildman–Crippen LogP) is 5.02. The highest BCUT2D eigenvalue weighted by molar-refractivity contribution is 7.81. The number of thiocarbonyl (C=S) groups is 1. The summed E-state index contributed by atoms with van der Waals surface area (Å²) in [6.45, 7) is 10.1. The second-order valence-electron chi connectivity index (χ2n) is 6.90. The number of amides is 1. The van der Waals surface area contributed by atoms with Crippen LogP contribution < -0.4 is 9.80 Å². The van der Waals surface area contributed by atoms with Crippen LogP contribution in [-0.4, -0.2) is 21.7 Å². The van der Waals surface area contributed by atoms with E-state index < -0.39 is 28.9 Å². The predicted molar refractivity (Wildman–Crippen MR) is 117 cm³/mol. The summed E-state index contributed by atoms with van der Waals surface area (Å²) in [7, 11) is 0. The highest BCUT2D eigenvalue weighted by Crippen LogP contribution is 2.42. The number of halogens is 3. The number of phenolic OH excluding ortho intramolecular Hbond substituents is 1. The topological polar surface area (TPSA) is 71.9 Å². The van der Waals surface area contributed by atoms with E-state index in [0.29, 0.717) is 5.69 Å². The fourth-order valence-electron chi connectivity index (χ4n) is 3.05. The molecule has 0 aromatic heterocycles. The van der Waals surface area contributed by atoms with Crippen molar-refractivity contribution in [3.8, 4) is 24.2 Å². The van der Waals surface area contributed by atoms with Crippen molar-refractivity contribution >= 4 is 40.3 Å². The number of anilines is 2. The first-order valence-corrected chi connectivity index (χ1v) is 9.22. The van der Waals surface area contributed by atoms with Gasteiger partial charge in [0.25, 0.3) is 5.91 Å². The molecule has 10 heteroatoms. The van der Waals surface area contributed by atoms with Gasteiger partial charge >= 0.3 is 6.18 Å². The lowest BCUT2D eigenvalue weighted by molar-refractivity contribution is -0.136. The van der Waals surface area contributed by atoms with Gasteiger partial charge in [0.2, 0.25) is 0 Å². The van der Waals surface area contributed by atoms with Crippen LogP contribution in [0.2, 0.25) is 0 Å². The van der Waals surface area contributed by atoms with Crippen molar-refractivity contribution in [2.75, 3.05) is 9.80 Å². The van der Waals surface area contributed by atoms with Crippen LogP contribution in [0.15, 0.2) is 42.5 Å². The van der Waals surface area contributed by atoms with Crippen molar-refractivity contribution in [1.82, 2.24) is 0 Å². The minimum absolute atomic E-state index is 0.00405. The number of alkyl halides is 3. The Morgan fingerprint density at radius 3 is 2.19 bits per heavy atom. The molecule has 2 aromatic rings. The van der Waals surface area contributed by atoms with Crippen molar-refractivity contribution < 1.29 is 23.1 Å². The standard InChI is InChI=1S/C19H14F3N3O2S.C3HN/c1-18(2)16(27)24(17(28)25(18)11-4-7-13(26)8-5-11)12-6-9-15(23-3)14(10-12)19(20,21)22;1-2-3-4/h4-10,26H,1-2H3;1H. The van der Waals surface area contributed by atoms with E-state index in [0.717, 1.165) is 17.0 Å². The molecule has 2 aromatic carbocycles. The molecule has 162 valence electrons. The van der Waals surface area contributed by atoms with Gasteiger partial charge in [-0.2, -0.15) is 18.4 Å². The van der Waals surface area contributed by atoms with Crippen LogP contribution in [0.4, 0.5) is 30.2 Å². The van der Waals surface area contributed by atoms with Gasteiger partial charge in [0.15, 0.2) is 16.9 Å². The number of carbonyl (C=O) groups is 1. The SMILES string of the molecule is C#CC#N.[C-]#[N+]c1ccc(N2C(=O)C(C)(C)N(c3ccc(O)cc3)C2=S)cc1C(F)(F)F. The quantitative estimate of drug-likeness (QED) is 0.390. The molecule has 32 heavy (non-hydrogen) atoms. The first kappa shape index (κ1) is 24.2. The van der Waals surface area contributed by atoms with E-state index in [1.54, 1.807) is 31.9 Å². The highest BCUT2D eigenvalue weighted by Gasteiger charge is 2.50. The van der Waals surface area contributed by atoms with Gasteiger partial charge in [-0.05, 0) is 62.5 Å². The zero-order valence-corrected chi connectivity index (χ0v) is 17.6. The van der Waals surface area contributed by atoms with Gasteiger partial charge in [0.05, 0.1) is 12.1 Å². The first-order valence-electron chi connectivity index (χ1n) is 8.81. The average Bonchev–Trinajstić information content (AvgIpc) is 2.92. The second-order valence-corrected chi connectivity index (χ2v) is 7.27. The molecule has 1 aliphatic rings. The Labute approximate surface area is 187 Å². The maximum Gasteiger partial charge on any atom is 0.407 e. The molecule has 6 nitrogen and oxygen atoms in total. The molecule has 0 unspecified atom stereocenters. The summed E-state index contributed by atoms with van der Waals surface area (Å²) in [4.78, 5) is 18.5. The molecule has 0 radical (unpaired) electrons. The lowest BCUT2D eigenvalue weighted by Crippen LogP contribution is -2.44. The normalized spacial score (nSPS) is 14.7. The molecular formula is C22H15F3N4O2S. The lowest BCUT2D eigenvalue weighted by atomic mass is 10.0. The van der Waals surface area contributed by atoms with Gasteiger partial charge < -0.3 is 10.0 Å². The van der Waals surface area contributed by atoms with Crippen LogP contribution in [0.3, 0.4) is 0 Å². The monoisotopic (exact) mass is 456 g/mol. The van der Waals surface area contributed by atoms with Gasteiger partial charge in [-0.1, -0.05) is 6.07 Å². The van der Waals surface area contributed by atoms with Crippen LogP contribution in [0.25, 0.3) is 4.85 Å². The molecule has 1 N–H and O–H groups in total. The number of hydrogen-bond donors (Lipinski definition) is 1. The Morgan fingerprint density at radius 2 is 1.72 bits per heavy atom. The number of nitriles is 1. The number of aromatic hydroxyl groups is 1. The van der Waals surface area contributed by atoms with Gasteiger partial charge in [0, 0.05) is 17.3 Å². The molecule has 1 heterocycles. The van der Waals surface area contributed by atoms with E-state index in [4.69, 9.17) is 24.1 Å². The molecule has 1 fully saturated rings. The molecule has 1 aliphatic heterocycles. The van der Waals surface area contributed by atoms with Crippen molar-refractivity contribution in [2.45, 2.75) is 25.6 Å². The van der Waals surface area contributed by atoms with E-state index in [2.05, 4.69) is 11.3 Å². The summed E-state index contributed by atoms with van der Waals surface area (Å²) in [5.74, 6) is 1.26. The minimum Gasteiger partial charge on any atom is -0.508 e. The summed E-state index contributed by atoms with van der Waals surface area (Å²) >= 11 is 5.41. The maximum atomic E-state index is 13.3. The number of nitrogens with zero attached hydrogens (tertiary/aromatic N) is 4. The van der Waals surface area contributed by atoms with Crippen LogP contribution in [-0.2, 0) is 11.0 Å². The average molecular weight is 456 g/mol. The third-order valence-corrected chi connectivity index (χ3v) is 4.87. The maximum absolute atomic E-state index is 13.3. The number of rotatable bonds is 2. The van der Waals surface area contributed by atoms with E-state index in [1.165, 1.54) is 29.2 Å². The minimum atomic E-state index is -4.74. The number of terminal acetylenes is 1. The van der Waals surface area contributed by atoms with Gasteiger partial charge in [0.1, 0.15) is 11.3 Å². The molecule has 0 bridgehead atoms. The summed E-state index contributed by atoms with van der Waals surface area (Å²) in [5.41, 5.74) is -2.40. The van der Waals surface area contributed by atoms with Gasteiger partial charge in [-0.3, -0.25) is 9.69 Å². The van der Waals surface area contributed by atoms with Crippen LogP contribution in [0.1, 0.15) is 19.4 Å². The zero-order valence-electron chi connectivity index (χ0n) is 16.8. The Balaban J connectivity index is 0.000000837. The van der Waals surface area contributed by atoms with Crippen molar-refractivity contribution in [1.29, 1.82) is 5.26 Å². The molecule has 1 amide bonds. The number of hydrogen-bond acceptors (Lipinski definition) is 4. The van der Waals surface area contributed by atoms with Crippen molar-refractivity contribution in [3.05, 3.63) is 59.4 Å². The molecule has 0 atom stereocenters. The summed E-state index contributed by atoms with van der Waals surface area (Å²) in [6, 6.07) is 10.5. The summed E-state index contributed by atoms with van der Waals surface area (Å²) < 4.78 is 39.9. The number of phenols is 1. The highest BCUT2D eigenvalue weighted by atomic mass is 32.1. The zero-order chi connectivity index (χ0) is 24.3. The third kappa shape index (κ3) is 4.49. The molecule has 1 saturated heterocycles. The van der Waals surface area contributed by atoms with Crippen LogP contribution in [0.5, 0.6) is 5.75 Å². The Hall–Kier alpha value is -4.07. The third-order valence-electron chi connectivity index (χ3n) is 4.50. The van der Waals surface area contributed by atoms with E-state index in [9.17, 15) is 23.1 Å². The Kier molecular flexibility index (Phi) is 6.78. The summed E-state index contributed by atoms with van der Waals surface area (Å²) in [5, 5.41) is 16.9. The van der Waals surface area contributed by atoms with Crippen molar-refractivity contribution in [3.63, 3.8) is 0 Å². The number of carbonyl (C=O) groups excluding carboxylic acids is 1. The number of benzene rings is 2. The molecular weight excluding hydrogens is 441 g/mol. The fourth-order valence-corrected chi connectivity index (χ4v) is 3.57. The molecule has 0 saturated carbocycles. The van der Waals surface area contributed by atoms with E-state index in [-0.39, 0.29) is 16.5 Å². The van der Waals surface area contributed by atoms with Crippen LogP contribution >= 0.6 is 12.2 Å². The Bertz CT molecular complexity index is 1170. The molecule has 0 spiro atoms. The van der Waals surface area contributed by atoms with Gasteiger partial charge in [-0.25, -0.2) is 4.85 Å². The van der Waals surface area contributed by atoms with Crippen molar-refractivity contribution in [2.24, 2.45) is 0 Å². The largest absolute Gasteiger partial charge is 0.508 e. The first-order chi connectivity index (χ1) is 14.9. The smallest absolute Gasteiger partial charge is 0.407 e. The molecule has 0 aliphatic carbocycles. The van der Waals surface area contributed by atoms with Gasteiger partial charge in [-0.15, -0.1) is 6.42 Å². The van der Waals surface area contributed by atoms with E-state index >= 15 is 0 Å². The summed E-state index contributed by atoms with van der Waals surface area (Å²) in [6.07, 6.45) is -0.327. The Morgan fingerprint density at radius 1 is 1.19 bits per heavy atom. The van der Waals surface area contributed by atoms with E-state index in [1.807, 2.05) is 0 Å². The second kappa shape index (κ2) is 8.97.